The van der Waals surface area contributed by atoms with E-state index in [9.17, 15) is 4.79 Å². The van der Waals surface area contributed by atoms with E-state index in [0.29, 0.717) is 11.3 Å². The van der Waals surface area contributed by atoms with E-state index in [4.69, 9.17) is 4.98 Å². The van der Waals surface area contributed by atoms with Gasteiger partial charge in [-0.25, -0.2) is 4.98 Å². The van der Waals surface area contributed by atoms with Crippen molar-refractivity contribution in [2.24, 2.45) is 5.10 Å². The van der Waals surface area contributed by atoms with Crippen LogP contribution in [0.4, 0.5) is 0 Å². The van der Waals surface area contributed by atoms with Gasteiger partial charge < -0.3 is 0 Å². The highest BCUT2D eigenvalue weighted by Crippen LogP contribution is 2.32. The summed E-state index contributed by atoms with van der Waals surface area (Å²) in [6.07, 6.45) is 7.56. The standard InChI is InChI=1S/C20H20BrN3OS/c1-13-7-9-16(26-13)12-22-24-19(14-5-3-2-4-6-14)23-18-10-8-15(21)11-17(18)20(24)25/h7-12,14H,2-6H2,1H3. The zero-order valence-electron chi connectivity index (χ0n) is 14.6. The van der Waals surface area contributed by atoms with Crippen molar-refractivity contribution in [2.45, 2.75) is 44.9 Å². The number of rotatable bonds is 3. The van der Waals surface area contributed by atoms with Gasteiger partial charge in [0.1, 0.15) is 5.82 Å². The summed E-state index contributed by atoms with van der Waals surface area (Å²) in [7, 11) is 0. The lowest BCUT2D eigenvalue weighted by Gasteiger charge is -2.22. The number of benzene rings is 1. The Bertz CT molecular complexity index is 1030. The first-order valence-electron chi connectivity index (χ1n) is 8.95. The molecule has 0 radical (unpaired) electrons. The summed E-state index contributed by atoms with van der Waals surface area (Å²) in [5, 5.41) is 5.15. The van der Waals surface area contributed by atoms with E-state index in [-0.39, 0.29) is 5.56 Å². The minimum Gasteiger partial charge on any atom is -0.267 e. The maximum absolute atomic E-state index is 13.2. The first-order valence-corrected chi connectivity index (χ1v) is 10.6. The normalized spacial score (nSPS) is 15.9. The molecule has 6 heteroatoms. The Balaban J connectivity index is 1.87. The fourth-order valence-electron chi connectivity index (χ4n) is 3.54. The van der Waals surface area contributed by atoms with Crippen LogP contribution in [0.2, 0.25) is 0 Å². The number of halogens is 1. The van der Waals surface area contributed by atoms with E-state index in [0.717, 1.165) is 33.5 Å². The minimum atomic E-state index is -0.0959. The fourth-order valence-corrected chi connectivity index (χ4v) is 4.64. The van der Waals surface area contributed by atoms with Gasteiger partial charge >= 0.3 is 0 Å². The van der Waals surface area contributed by atoms with Crippen LogP contribution in [0.5, 0.6) is 0 Å². The fraction of sp³-hybridized carbons (Fsp3) is 0.350. The summed E-state index contributed by atoms with van der Waals surface area (Å²) in [4.78, 5) is 20.3. The molecule has 0 amide bonds. The SMILES string of the molecule is Cc1ccc(C=Nn2c(C3CCCCC3)nc3ccc(Br)cc3c2=O)s1. The van der Waals surface area contributed by atoms with Crippen LogP contribution in [0.15, 0.2) is 44.7 Å². The summed E-state index contributed by atoms with van der Waals surface area (Å²) in [5.41, 5.74) is 0.651. The summed E-state index contributed by atoms with van der Waals surface area (Å²) < 4.78 is 2.40. The zero-order chi connectivity index (χ0) is 18.1. The average molecular weight is 430 g/mol. The molecule has 1 aliphatic carbocycles. The molecule has 3 aromatic rings. The summed E-state index contributed by atoms with van der Waals surface area (Å²) in [6.45, 7) is 2.07. The second-order valence-corrected chi connectivity index (χ2v) is 9.01. The maximum Gasteiger partial charge on any atom is 0.282 e. The second kappa shape index (κ2) is 7.45. The number of thiophene rings is 1. The molecule has 0 spiro atoms. The van der Waals surface area contributed by atoms with Gasteiger partial charge in [-0.3, -0.25) is 4.79 Å². The number of fused-ring (bicyclic) bond motifs is 1. The predicted octanol–water partition coefficient (Wildman–Crippen LogP) is 5.46. The van der Waals surface area contributed by atoms with Crippen LogP contribution >= 0.6 is 27.3 Å². The van der Waals surface area contributed by atoms with E-state index in [1.165, 1.54) is 28.8 Å². The molecule has 2 heterocycles. The highest BCUT2D eigenvalue weighted by atomic mass is 79.9. The molecule has 134 valence electrons. The largest absolute Gasteiger partial charge is 0.282 e. The summed E-state index contributed by atoms with van der Waals surface area (Å²) in [6, 6.07) is 9.76. The molecular weight excluding hydrogens is 410 g/mol. The molecule has 0 N–H and O–H groups in total. The molecule has 0 bridgehead atoms. The van der Waals surface area contributed by atoms with E-state index in [2.05, 4.69) is 34.0 Å². The smallest absolute Gasteiger partial charge is 0.267 e. The Morgan fingerprint density at radius 3 is 2.77 bits per heavy atom. The van der Waals surface area contributed by atoms with Gasteiger partial charge in [-0.2, -0.15) is 9.78 Å². The topological polar surface area (TPSA) is 47.2 Å². The number of nitrogens with zero attached hydrogens (tertiary/aromatic N) is 3. The van der Waals surface area contributed by atoms with E-state index >= 15 is 0 Å². The Labute approximate surface area is 164 Å². The third kappa shape index (κ3) is 3.53. The Morgan fingerprint density at radius 2 is 2.04 bits per heavy atom. The number of hydrogen-bond acceptors (Lipinski definition) is 4. The molecule has 0 atom stereocenters. The van der Waals surface area contributed by atoms with Crippen molar-refractivity contribution in [1.82, 2.24) is 9.66 Å². The van der Waals surface area contributed by atoms with Crippen molar-refractivity contribution in [2.75, 3.05) is 0 Å². The van der Waals surface area contributed by atoms with Crippen LogP contribution in [0.1, 0.15) is 53.6 Å². The Hall–Kier alpha value is -1.79. The van der Waals surface area contributed by atoms with Crippen molar-refractivity contribution in [1.29, 1.82) is 0 Å². The van der Waals surface area contributed by atoms with Gasteiger partial charge in [-0.15, -0.1) is 11.3 Å². The predicted molar refractivity (Wildman–Crippen MR) is 112 cm³/mol. The van der Waals surface area contributed by atoms with Gasteiger partial charge in [-0.05, 0) is 50.1 Å². The molecule has 26 heavy (non-hydrogen) atoms. The van der Waals surface area contributed by atoms with Gasteiger partial charge in [0.05, 0.1) is 17.1 Å². The molecule has 0 aliphatic heterocycles. The molecule has 2 aromatic heterocycles. The van der Waals surface area contributed by atoms with Crippen molar-refractivity contribution in [3.05, 3.63) is 60.7 Å². The number of aromatic nitrogens is 2. The molecule has 1 fully saturated rings. The number of hydrogen-bond donors (Lipinski definition) is 0. The lowest BCUT2D eigenvalue weighted by Crippen LogP contribution is -2.25. The first-order chi connectivity index (χ1) is 12.6. The quantitative estimate of drug-likeness (QED) is 0.518. The Kier molecular flexibility index (Phi) is 5.05. The van der Waals surface area contributed by atoms with Gasteiger partial charge in [0.2, 0.25) is 0 Å². The van der Waals surface area contributed by atoms with Crippen molar-refractivity contribution in [3.8, 4) is 0 Å². The van der Waals surface area contributed by atoms with E-state index < -0.39 is 0 Å². The minimum absolute atomic E-state index is 0.0959. The molecule has 1 saturated carbocycles. The molecule has 1 aromatic carbocycles. The highest BCUT2D eigenvalue weighted by molar-refractivity contribution is 9.10. The summed E-state index contributed by atoms with van der Waals surface area (Å²) >= 11 is 5.12. The van der Waals surface area contributed by atoms with Crippen molar-refractivity contribution in [3.63, 3.8) is 0 Å². The second-order valence-electron chi connectivity index (χ2n) is 6.78. The summed E-state index contributed by atoms with van der Waals surface area (Å²) in [5.74, 6) is 1.10. The van der Waals surface area contributed by atoms with Gasteiger partial charge in [0.25, 0.3) is 5.56 Å². The van der Waals surface area contributed by atoms with Crippen LogP contribution < -0.4 is 5.56 Å². The molecule has 4 nitrogen and oxygen atoms in total. The van der Waals surface area contributed by atoms with Crippen LogP contribution in [-0.4, -0.2) is 15.9 Å². The van der Waals surface area contributed by atoms with Gasteiger partial charge in [0.15, 0.2) is 0 Å². The van der Waals surface area contributed by atoms with Gasteiger partial charge in [0, 0.05) is 20.1 Å². The molecular formula is C20H20BrN3OS. The monoisotopic (exact) mass is 429 g/mol. The van der Waals surface area contributed by atoms with Crippen LogP contribution in [-0.2, 0) is 0 Å². The van der Waals surface area contributed by atoms with Crippen LogP contribution in [0, 0.1) is 6.92 Å². The van der Waals surface area contributed by atoms with Crippen molar-refractivity contribution >= 4 is 44.4 Å². The number of aryl methyl sites for hydroxylation is 1. The van der Waals surface area contributed by atoms with Crippen molar-refractivity contribution < 1.29 is 0 Å². The van der Waals surface area contributed by atoms with E-state index in [1.54, 1.807) is 17.6 Å². The van der Waals surface area contributed by atoms with Crippen LogP contribution in [0.3, 0.4) is 0 Å². The molecule has 0 unspecified atom stereocenters. The lowest BCUT2D eigenvalue weighted by molar-refractivity contribution is 0.416. The first kappa shape index (κ1) is 17.6. The molecule has 1 aliphatic rings. The maximum atomic E-state index is 13.2. The van der Waals surface area contributed by atoms with E-state index in [1.807, 2.05) is 24.3 Å². The zero-order valence-corrected chi connectivity index (χ0v) is 17.0. The lowest BCUT2D eigenvalue weighted by atomic mass is 9.88. The van der Waals surface area contributed by atoms with Gasteiger partial charge in [-0.1, -0.05) is 35.2 Å². The average Bonchev–Trinajstić information content (AvgIpc) is 3.07. The molecule has 0 saturated heterocycles. The molecule has 4 rings (SSSR count). The third-order valence-corrected chi connectivity index (χ3v) is 6.29. The van der Waals surface area contributed by atoms with Crippen LogP contribution in [0.25, 0.3) is 10.9 Å². The Morgan fingerprint density at radius 1 is 1.23 bits per heavy atom. The third-order valence-electron chi connectivity index (χ3n) is 4.87. The highest BCUT2D eigenvalue weighted by Gasteiger charge is 2.22.